The molecule has 0 amide bonds. The molecule has 0 aliphatic heterocycles. The van der Waals surface area contributed by atoms with Gasteiger partial charge >= 0.3 is 0 Å². The topological polar surface area (TPSA) is 26.0 Å². The van der Waals surface area contributed by atoms with E-state index in [9.17, 15) is 0 Å². The van der Waals surface area contributed by atoms with Gasteiger partial charge in [-0.1, -0.05) is 54.4 Å². The molecule has 10 atom stereocenters. The third-order valence-electron chi connectivity index (χ3n) is 11.9. The van der Waals surface area contributed by atoms with Crippen molar-refractivity contribution < 1.29 is 0 Å². The quantitative estimate of drug-likeness (QED) is 0.466. The van der Waals surface area contributed by atoms with Crippen molar-refractivity contribution in [3.8, 4) is 0 Å². The fourth-order valence-electron chi connectivity index (χ4n) is 9.95. The van der Waals surface area contributed by atoms with Crippen LogP contribution < -0.4 is 5.73 Å². The number of rotatable bonds is 6. The Kier molecular flexibility index (Phi) is 6.72. The summed E-state index contributed by atoms with van der Waals surface area (Å²) in [6, 6.07) is 0.489. The summed E-state index contributed by atoms with van der Waals surface area (Å²) < 4.78 is 0. The Morgan fingerprint density at radius 1 is 0.833 bits per heavy atom. The van der Waals surface area contributed by atoms with Crippen LogP contribution in [0.4, 0.5) is 0 Å². The van der Waals surface area contributed by atoms with Crippen LogP contribution in [-0.2, 0) is 0 Å². The second-order valence-corrected chi connectivity index (χ2v) is 13.4. The van der Waals surface area contributed by atoms with Crippen LogP contribution in [0.5, 0.6) is 0 Å². The van der Waals surface area contributed by atoms with Gasteiger partial charge in [-0.25, -0.2) is 0 Å². The van der Waals surface area contributed by atoms with E-state index in [1.807, 2.05) is 0 Å². The van der Waals surface area contributed by atoms with Crippen molar-refractivity contribution in [2.75, 3.05) is 0 Å². The summed E-state index contributed by atoms with van der Waals surface area (Å²) in [7, 11) is 0. The van der Waals surface area contributed by atoms with Crippen molar-refractivity contribution in [1.82, 2.24) is 0 Å². The largest absolute Gasteiger partial charge is 0.328 e. The Labute approximate surface area is 188 Å². The van der Waals surface area contributed by atoms with E-state index < -0.39 is 0 Å². The Morgan fingerprint density at radius 3 is 2.23 bits per heavy atom. The summed E-state index contributed by atoms with van der Waals surface area (Å²) >= 11 is 0. The lowest BCUT2D eigenvalue weighted by molar-refractivity contribution is -0.116. The minimum atomic E-state index is 0.489. The van der Waals surface area contributed by atoms with Gasteiger partial charge in [0.15, 0.2) is 0 Å². The van der Waals surface area contributed by atoms with E-state index in [2.05, 4.69) is 41.5 Å². The van der Waals surface area contributed by atoms with E-state index >= 15 is 0 Å². The Morgan fingerprint density at radius 2 is 1.53 bits per heavy atom. The molecule has 174 valence electrons. The summed E-state index contributed by atoms with van der Waals surface area (Å²) in [6.07, 6.45) is 17.4. The fourth-order valence-corrected chi connectivity index (χ4v) is 9.95. The molecule has 4 rings (SSSR count). The normalized spacial score (nSPS) is 48.0. The molecule has 4 aliphatic carbocycles. The molecule has 4 fully saturated rings. The van der Waals surface area contributed by atoms with E-state index in [0.717, 1.165) is 47.3 Å². The molecule has 4 aliphatic rings. The molecule has 0 radical (unpaired) electrons. The van der Waals surface area contributed by atoms with Gasteiger partial charge in [0.2, 0.25) is 0 Å². The minimum absolute atomic E-state index is 0.489. The summed E-state index contributed by atoms with van der Waals surface area (Å²) in [5, 5.41) is 0. The maximum Gasteiger partial charge on any atom is 0.00418 e. The van der Waals surface area contributed by atoms with Crippen LogP contribution in [0.25, 0.3) is 0 Å². The van der Waals surface area contributed by atoms with Crippen LogP contribution in [0.1, 0.15) is 119 Å². The van der Waals surface area contributed by atoms with Crippen LogP contribution in [0.15, 0.2) is 0 Å². The number of fused-ring (bicyclic) bond motifs is 5. The maximum atomic E-state index is 6.40. The molecule has 0 spiro atoms. The predicted molar refractivity (Wildman–Crippen MR) is 130 cm³/mol. The fraction of sp³-hybridized carbons (Fsp3) is 1.00. The first-order valence-electron chi connectivity index (χ1n) is 14.0. The standard InChI is InChI=1S/C29H53N/c1-7-21(19(2)3)9-8-20(4)25-12-13-26-24-11-10-22-18-23(30)14-16-28(22,5)27(24)15-17-29(25,26)6/h19-27H,7-18,30H2,1-6H3. The van der Waals surface area contributed by atoms with Crippen LogP contribution >= 0.6 is 0 Å². The van der Waals surface area contributed by atoms with Crippen LogP contribution in [0, 0.1) is 58.2 Å². The first-order chi connectivity index (χ1) is 14.2. The van der Waals surface area contributed by atoms with Crippen molar-refractivity contribution in [2.45, 2.75) is 125 Å². The highest BCUT2D eigenvalue weighted by molar-refractivity contribution is 5.09. The first-order valence-corrected chi connectivity index (χ1v) is 14.0. The SMILES string of the molecule is CCC(CCC(C)C1CCC2C3CCC4CC(N)CCC4(C)C3CCC12C)C(C)C. The monoisotopic (exact) mass is 415 g/mol. The zero-order valence-corrected chi connectivity index (χ0v) is 21.3. The molecule has 1 nitrogen and oxygen atoms in total. The summed E-state index contributed by atoms with van der Waals surface area (Å²) in [5.74, 6) is 7.65. The number of hydrogen-bond donors (Lipinski definition) is 1. The Balaban J connectivity index is 1.45. The van der Waals surface area contributed by atoms with Gasteiger partial charge in [0.05, 0.1) is 0 Å². The average Bonchev–Trinajstić information content (AvgIpc) is 3.06. The molecule has 30 heavy (non-hydrogen) atoms. The van der Waals surface area contributed by atoms with E-state index in [-0.39, 0.29) is 0 Å². The Hall–Kier alpha value is -0.0400. The molecular weight excluding hydrogens is 362 g/mol. The predicted octanol–water partition coefficient (Wildman–Crippen LogP) is 8.07. The number of hydrogen-bond acceptors (Lipinski definition) is 1. The lowest BCUT2D eigenvalue weighted by Crippen LogP contribution is -2.54. The highest BCUT2D eigenvalue weighted by atomic mass is 14.7. The van der Waals surface area contributed by atoms with E-state index in [1.54, 1.807) is 0 Å². The van der Waals surface area contributed by atoms with Gasteiger partial charge in [-0.05, 0) is 122 Å². The van der Waals surface area contributed by atoms with Crippen LogP contribution in [0.2, 0.25) is 0 Å². The van der Waals surface area contributed by atoms with E-state index in [4.69, 9.17) is 5.73 Å². The molecule has 10 unspecified atom stereocenters. The third kappa shape index (κ3) is 3.82. The molecule has 0 saturated heterocycles. The van der Waals surface area contributed by atoms with Crippen LogP contribution in [0.3, 0.4) is 0 Å². The molecule has 0 heterocycles. The molecule has 1 heteroatoms. The third-order valence-corrected chi connectivity index (χ3v) is 11.9. The highest BCUT2D eigenvalue weighted by Crippen LogP contribution is 2.68. The van der Waals surface area contributed by atoms with Crippen molar-refractivity contribution in [2.24, 2.45) is 63.9 Å². The highest BCUT2D eigenvalue weighted by Gasteiger charge is 2.60. The Bertz CT molecular complexity index is 583. The molecule has 2 N–H and O–H groups in total. The second-order valence-electron chi connectivity index (χ2n) is 13.4. The molecule has 0 bridgehead atoms. The van der Waals surface area contributed by atoms with Gasteiger partial charge in [0.25, 0.3) is 0 Å². The van der Waals surface area contributed by atoms with Gasteiger partial charge in [-0.3, -0.25) is 0 Å². The molecule has 0 aromatic heterocycles. The first kappa shape index (κ1) is 23.1. The van der Waals surface area contributed by atoms with E-state index in [0.29, 0.717) is 16.9 Å². The smallest absolute Gasteiger partial charge is 0.00418 e. The van der Waals surface area contributed by atoms with Gasteiger partial charge in [0, 0.05) is 6.04 Å². The van der Waals surface area contributed by atoms with Crippen molar-refractivity contribution in [1.29, 1.82) is 0 Å². The van der Waals surface area contributed by atoms with Gasteiger partial charge < -0.3 is 5.73 Å². The minimum Gasteiger partial charge on any atom is -0.328 e. The molecule has 0 aromatic carbocycles. The van der Waals surface area contributed by atoms with Crippen molar-refractivity contribution >= 4 is 0 Å². The van der Waals surface area contributed by atoms with Gasteiger partial charge in [0.1, 0.15) is 0 Å². The van der Waals surface area contributed by atoms with Gasteiger partial charge in [-0.15, -0.1) is 0 Å². The molecule has 4 saturated carbocycles. The molecule has 0 aromatic rings. The number of nitrogens with two attached hydrogens (primary N) is 1. The lowest BCUT2D eigenvalue weighted by atomic mass is 9.44. The lowest BCUT2D eigenvalue weighted by Gasteiger charge is -2.61. The zero-order valence-electron chi connectivity index (χ0n) is 21.3. The molecular formula is C29H53N. The summed E-state index contributed by atoms with van der Waals surface area (Å²) in [5.41, 5.74) is 7.64. The van der Waals surface area contributed by atoms with Crippen molar-refractivity contribution in [3.63, 3.8) is 0 Å². The van der Waals surface area contributed by atoms with E-state index in [1.165, 1.54) is 77.0 Å². The van der Waals surface area contributed by atoms with Crippen LogP contribution in [-0.4, -0.2) is 6.04 Å². The summed E-state index contributed by atoms with van der Waals surface area (Å²) in [6.45, 7) is 15.3. The maximum absolute atomic E-state index is 6.40. The van der Waals surface area contributed by atoms with Crippen molar-refractivity contribution in [3.05, 3.63) is 0 Å². The summed E-state index contributed by atoms with van der Waals surface area (Å²) in [4.78, 5) is 0. The van der Waals surface area contributed by atoms with Gasteiger partial charge in [-0.2, -0.15) is 0 Å². The average molecular weight is 416 g/mol. The second kappa shape index (κ2) is 8.72. The zero-order chi connectivity index (χ0) is 21.7.